The van der Waals surface area contributed by atoms with E-state index in [9.17, 15) is 4.79 Å². The van der Waals surface area contributed by atoms with Crippen LogP contribution in [0.2, 0.25) is 0 Å². The van der Waals surface area contributed by atoms with Gasteiger partial charge in [0.2, 0.25) is 0 Å². The van der Waals surface area contributed by atoms with Crippen LogP contribution < -0.4 is 5.32 Å². The fourth-order valence-corrected chi connectivity index (χ4v) is 1.86. The highest BCUT2D eigenvalue weighted by Gasteiger charge is 2.18. The van der Waals surface area contributed by atoms with Crippen molar-refractivity contribution in [3.05, 3.63) is 18.1 Å². The second-order valence-corrected chi connectivity index (χ2v) is 5.35. The van der Waals surface area contributed by atoms with E-state index in [0.29, 0.717) is 37.1 Å². The van der Waals surface area contributed by atoms with Gasteiger partial charge in [-0.25, -0.2) is 9.97 Å². The van der Waals surface area contributed by atoms with Gasteiger partial charge in [-0.2, -0.15) is 0 Å². The van der Waals surface area contributed by atoms with Gasteiger partial charge in [-0.15, -0.1) is 0 Å². The zero-order chi connectivity index (χ0) is 15.7. The van der Waals surface area contributed by atoms with Crippen LogP contribution in [0.15, 0.2) is 12.4 Å². The van der Waals surface area contributed by atoms with Crippen molar-refractivity contribution in [1.29, 1.82) is 0 Å². The maximum atomic E-state index is 12.5. The van der Waals surface area contributed by atoms with E-state index in [1.165, 1.54) is 6.20 Å². The number of carbonyl (C=O) groups excluding carboxylic acids is 1. The molecule has 0 aliphatic heterocycles. The zero-order valence-electron chi connectivity index (χ0n) is 13.4. The summed E-state index contributed by atoms with van der Waals surface area (Å²) in [6.45, 7) is 8.84. The summed E-state index contributed by atoms with van der Waals surface area (Å²) in [6, 6.07) is 0. The minimum absolute atomic E-state index is 0.102. The molecule has 0 aliphatic rings. The Hall–Kier alpha value is -1.69. The van der Waals surface area contributed by atoms with Crippen molar-refractivity contribution < 1.29 is 9.53 Å². The Morgan fingerprint density at radius 3 is 2.67 bits per heavy atom. The Balaban J connectivity index is 2.72. The fraction of sp³-hybridized carbons (Fsp3) is 0.667. The van der Waals surface area contributed by atoms with Gasteiger partial charge in [0.05, 0.1) is 19.0 Å². The van der Waals surface area contributed by atoms with Gasteiger partial charge in [-0.3, -0.25) is 4.79 Å². The van der Waals surface area contributed by atoms with Crippen LogP contribution in [-0.4, -0.2) is 54.1 Å². The number of amides is 1. The van der Waals surface area contributed by atoms with Crippen LogP contribution in [0.25, 0.3) is 0 Å². The standard InChI is InChI=1S/C15H26N4O2/c1-5-6-16-14-10-17-13(9-18-14)15(20)19(7-8-21-4)11-12(2)3/h9-10,12H,5-8,11H2,1-4H3,(H,16,18). The summed E-state index contributed by atoms with van der Waals surface area (Å²) < 4.78 is 5.06. The van der Waals surface area contributed by atoms with E-state index in [1.54, 1.807) is 18.2 Å². The van der Waals surface area contributed by atoms with Crippen LogP contribution in [0.1, 0.15) is 37.7 Å². The predicted octanol–water partition coefficient (Wildman–Crippen LogP) is 2.04. The Bertz CT molecular complexity index is 420. The molecule has 118 valence electrons. The number of ether oxygens (including phenoxy) is 1. The molecule has 1 aromatic rings. The number of nitrogens with one attached hydrogen (secondary N) is 1. The molecular weight excluding hydrogens is 268 g/mol. The van der Waals surface area contributed by atoms with E-state index in [2.05, 4.69) is 36.1 Å². The zero-order valence-corrected chi connectivity index (χ0v) is 13.4. The molecule has 0 atom stereocenters. The minimum atomic E-state index is -0.102. The molecule has 0 radical (unpaired) electrons. The van der Waals surface area contributed by atoms with Crippen molar-refractivity contribution in [2.24, 2.45) is 5.92 Å². The Labute approximate surface area is 126 Å². The van der Waals surface area contributed by atoms with Crippen molar-refractivity contribution in [3.8, 4) is 0 Å². The van der Waals surface area contributed by atoms with Crippen molar-refractivity contribution in [2.75, 3.05) is 38.7 Å². The number of hydrogen-bond acceptors (Lipinski definition) is 5. The van der Waals surface area contributed by atoms with Crippen molar-refractivity contribution >= 4 is 11.7 Å². The van der Waals surface area contributed by atoms with E-state index >= 15 is 0 Å². The average molecular weight is 294 g/mol. The molecule has 0 saturated heterocycles. The van der Waals surface area contributed by atoms with Crippen LogP contribution in [-0.2, 0) is 4.74 Å². The van der Waals surface area contributed by atoms with Gasteiger partial charge < -0.3 is 15.0 Å². The lowest BCUT2D eigenvalue weighted by Crippen LogP contribution is -2.37. The lowest BCUT2D eigenvalue weighted by molar-refractivity contribution is 0.0666. The smallest absolute Gasteiger partial charge is 0.274 e. The van der Waals surface area contributed by atoms with Crippen LogP contribution in [0, 0.1) is 5.92 Å². The van der Waals surface area contributed by atoms with Gasteiger partial charge in [0.1, 0.15) is 11.5 Å². The van der Waals surface area contributed by atoms with Crippen LogP contribution >= 0.6 is 0 Å². The lowest BCUT2D eigenvalue weighted by atomic mass is 10.2. The SMILES string of the molecule is CCCNc1cnc(C(=O)N(CCOC)CC(C)C)cn1. The van der Waals surface area contributed by atoms with Crippen molar-refractivity contribution in [2.45, 2.75) is 27.2 Å². The van der Waals surface area contributed by atoms with Gasteiger partial charge in [-0.05, 0) is 12.3 Å². The molecule has 0 spiro atoms. The molecule has 1 aromatic heterocycles. The minimum Gasteiger partial charge on any atom is -0.383 e. The summed E-state index contributed by atoms with van der Waals surface area (Å²) in [7, 11) is 1.63. The first kappa shape index (κ1) is 17.4. The average Bonchev–Trinajstić information content (AvgIpc) is 2.49. The maximum absolute atomic E-state index is 12.5. The van der Waals surface area contributed by atoms with Gasteiger partial charge in [-0.1, -0.05) is 20.8 Å². The first-order valence-corrected chi connectivity index (χ1v) is 7.42. The molecule has 6 nitrogen and oxygen atoms in total. The van der Waals surface area contributed by atoms with Crippen LogP contribution in [0.4, 0.5) is 5.82 Å². The molecule has 21 heavy (non-hydrogen) atoms. The largest absolute Gasteiger partial charge is 0.383 e. The van der Waals surface area contributed by atoms with Gasteiger partial charge in [0.25, 0.3) is 5.91 Å². The monoisotopic (exact) mass is 294 g/mol. The van der Waals surface area contributed by atoms with Gasteiger partial charge >= 0.3 is 0 Å². The number of methoxy groups -OCH3 is 1. The number of carbonyl (C=O) groups is 1. The second kappa shape index (κ2) is 9.28. The molecule has 0 unspecified atom stereocenters. The highest BCUT2D eigenvalue weighted by atomic mass is 16.5. The number of nitrogens with zero attached hydrogens (tertiary/aromatic N) is 3. The second-order valence-electron chi connectivity index (χ2n) is 5.35. The number of aromatic nitrogens is 2. The molecular formula is C15H26N4O2. The summed E-state index contributed by atoms with van der Waals surface area (Å²) in [5, 5.41) is 3.14. The molecule has 1 heterocycles. The molecule has 1 rings (SSSR count). The lowest BCUT2D eigenvalue weighted by Gasteiger charge is -2.23. The first-order valence-electron chi connectivity index (χ1n) is 7.42. The third-order valence-corrected chi connectivity index (χ3v) is 2.87. The predicted molar refractivity (Wildman–Crippen MR) is 83.4 cm³/mol. The van der Waals surface area contributed by atoms with Crippen molar-refractivity contribution in [3.63, 3.8) is 0 Å². The topological polar surface area (TPSA) is 67.4 Å². The van der Waals surface area contributed by atoms with Crippen molar-refractivity contribution in [1.82, 2.24) is 14.9 Å². The summed E-state index contributed by atoms with van der Waals surface area (Å²) in [5.41, 5.74) is 0.369. The summed E-state index contributed by atoms with van der Waals surface area (Å²) >= 11 is 0. The number of hydrogen-bond donors (Lipinski definition) is 1. The van der Waals surface area contributed by atoms with E-state index in [1.807, 2.05) is 0 Å². The summed E-state index contributed by atoms with van der Waals surface area (Å²) in [6.07, 6.45) is 4.15. The molecule has 0 saturated carbocycles. The molecule has 0 fully saturated rings. The van der Waals surface area contributed by atoms with E-state index in [4.69, 9.17) is 4.74 Å². The Kier molecular flexibility index (Phi) is 7.68. The third kappa shape index (κ3) is 6.08. The fourth-order valence-electron chi connectivity index (χ4n) is 1.86. The molecule has 0 bridgehead atoms. The van der Waals surface area contributed by atoms with Gasteiger partial charge in [0.15, 0.2) is 0 Å². The molecule has 6 heteroatoms. The van der Waals surface area contributed by atoms with E-state index < -0.39 is 0 Å². The Morgan fingerprint density at radius 1 is 1.38 bits per heavy atom. The molecule has 1 N–H and O–H groups in total. The summed E-state index contributed by atoms with van der Waals surface area (Å²) in [5.74, 6) is 0.986. The highest BCUT2D eigenvalue weighted by molar-refractivity contribution is 5.92. The van der Waals surface area contributed by atoms with E-state index in [-0.39, 0.29) is 5.91 Å². The highest BCUT2D eigenvalue weighted by Crippen LogP contribution is 2.07. The van der Waals surface area contributed by atoms with Gasteiger partial charge in [0, 0.05) is 26.7 Å². The maximum Gasteiger partial charge on any atom is 0.274 e. The molecule has 0 aromatic carbocycles. The quantitative estimate of drug-likeness (QED) is 0.755. The molecule has 1 amide bonds. The number of anilines is 1. The normalized spacial score (nSPS) is 10.7. The molecule has 0 aliphatic carbocycles. The number of rotatable bonds is 9. The third-order valence-electron chi connectivity index (χ3n) is 2.87. The summed E-state index contributed by atoms with van der Waals surface area (Å²) in [4.78, 5) is 22.7. The Morgan fingerprint density at radius 2 is 2.14 bits per heavy atom. The first-order chi connectivity index (χ1) is 10.1. The van der Waals surface area contributed by atoms with Crippen LogP contribution in [0.3, 0.4) is 0 Å². The van der Waals surface area contributed by atoms with E-state index in [0.717, 1.165) is 13.0 Å². The van der Waals surface area contributed by atoms with Crippen LogP contribution in [0.5, 0.6) is 0 Å².